The lowest BCUT2D eigenvalue weighted by Crippen LogP contribution is -2.15. The molecule has 27 heavy (non-hydrogen) atoms. The topological polar surface area (TPSA) is 95.6 Å². The number of fused-ring (bicyclic) bond motifs is 1. The van der Waals surface area contributed by atoms with Crippen LogP contribution in [-0.2, 0) is 16.5 Å². The summed E-state index contributed by atoms with van der Waals surface area (Å²) in [5.74, 6) is -0.719. The minimum atomic E-state index is -0.672. The molecule has 142 valence electrons. The highest BCUT2D eigenvalue weighted by molar-refractivity contribution is 6.09. The molecule has 0 atom stereocenters. The minimum absolute atomic E-state index is 0.0670. The highest BCUT2D eigenvalue weighted by Crippen LogP contribution is 2.36. The third-order valence-electron chi connectivity index (χ3n) is 4.01. The smallest absolute Gasteiger partial charge is 0.411 e. The lowest BCUT2D eigenvalue weighted by molar-refractivity contribution is 0.0494. The van der Waals surface area contributed by atoms with Gasteiger partial charge in [0.2, 0.25) is 5.76 Å². The van der Waals surface area contributed by atoms with Crippen LogP contribution in [-0.4, -0.2) is 35.1 Å². The SMILES string of the molecule is CCOC(=O)Nc1c(C(=O)OCC)oc2cc(C)c(-c3cnn(C)c3)cc12. The molecule has 0 unspecified atom stereocenters. The Morgan fingerprint density at radius 1 is 1.22 bits per heavy atom. The summed E-state index contributed by atoms with van der Waals surface area (Å²) in [7, 11) is 1.84. The first-order valence-corrected chi connectivity index (χ1v) is 8.61. The predicted molar refractivity (Wildman–Crippen MR) is 99.8 cm³/mol. The van der Waals surface area contributed by atoms with Crippen molar-refractivity contribution in [1.29, 1.82) is 0 Å². The summed E-state index contributed by atoms with van der Waals surface area (Å²) in [5, 5.41) is 7.38. The van der Waals surface area contributed by atoms with Crippen LogP contribution in [0.1, 0.15) is 30.0 Å². The molecule has 0 radical (unpaired) electrons. The van der Waals surface area contributed by atoms with E-state index in [1.165, 1.54) is 0 Å². The first kappa shape index (κ1) is 18.5. The second kappa shape index (κ2) is 7.53. The number of carbonyl (C=O) groups is 2. The van der Waals surface area contributed by atoms with E-state index in [-0.39, 0.29) is 24.7 Å². The van der Waals surface area contributed by atoms with Crippen LogP contribution < -0.4 is 5.32 Å². The van der Waals surface area contributed by atoms with Crippen LogP contribution >= 0.6 is 0 Å². The fourth-order valence-corrected chi connectivity index (χ4v) is 2.85. The number of esters is 1. The van der Waals surface area contributed by atoms with Crippen molar-refractivity contribution < 1.29 is 23.5 Å². The average Bonchev–Trinajstić information content (AvgIpc) is 3.18. The summed E-state index contributed by atoms with van der Waals surface area (Å²) >= 11 is 0. The maximum atomic E-state index is 12.3. The Kier molecular flexibility index (Phi) is 5.16. The molecule has 0 aliphatic rings. The molecule has 1 aromatic carbocycles. The molecule has 0 spiro atoms. The number of ether oxygens (including phenoxy) is 2. The summed E-state index contributed by atoms with van der Waals surface area (Å²) in [6.07, 6.45) is 2.96. The van der Waals surface area contributed by atoms with Gasteiger partial charge in [-0.15, -0.1) is 0 Å². The van der Waals surface area contributed by atoms with Crippen LogP contribution in [0.15, 0.2) is 28.9 Å². The number of nitrogens with zero attached hydrogens (tertiary/aromatic N) is 2. The second-order valence-electron chi connectivity index (χ2n) is 5.94. The largest absolute Gasteiger partial charge is 0.460 e. The maximum absolute atomic E-state index is 12.3. The molecular weight excluding hydrogens is 350 g/mol. The van der Waals surface area contributed by atoms with Crippen molar-refractivity contribution in [3.05, 3.63) is 35.9 Å². The summed E-state index contributed by atoms with van der Waals surface area (Å²) in [5.41, 5.74) is 3.47. The van der Waals surface area contributed by atoms with Gasteiger partial charge in [-0.3, -0.25) is 10.00 Å². The van der Waals surface area contributed by atoms with Gasteiger partial charge in [0.15, 0.2) is 0 Å². The molecule has 2 heterocycles. The number of aryl methyl sites for hydroxylation is 2. The lowest BCUT2D eigenvalue weighted by Gasteiger charge is -2.07. The highest BCUT2D eigenvalue weighted by Gasteiger charge is 2.25. The van der Waals surface area contributed by atoms with E-state index in [0.29, 0.717) is 11.0 Å². The van der Waals surface area contributed by atoms with E-state index in [1.54, 1.807) is 24.7 Å². The lowest BCUT2D eigenvalue weighted by atomic mass is 10.0. The first-order chi connectivity index (χ1) is 12.9. The second-order valence-corrected chi connectivity index (χ2v) is 5.94. The van der Waals surface area contributed by atoms with Gasteiger partial charge in [0.05, 0.1) is 19.4 Å². The molecule has 0 saturated heterocycles. The maximum Gasteiger partial charge on any atom is 0.411 e. The minimum Gasteiger partial charge on any atom is -0.460 e. The number of furan rings is 1. The van der Waals surface area contributed by atoms with Crippen molar-refractivity contribution in [3.8, 4) is 11.1 Å². The Morgan fingerprint density at radius 3 is 2.59 bits per heavy atom. The Balaban J connectivity index is 2.17. The Morgan fingerprint density at radius 2 is 1.96 bits per heavy atom. The zero-order valence-corrected chi connectivity index (χ0v) is 15.7. The van der Waals surface area contributed by atoms with Gasteiger partial charge in [0, 0.05) is 24.2 Å². The third kappa shape index (κ3) is 3.64. The van der Waals surface area contributed by atoms with Crippen molar-refractivity contribution in [2.24, 2.45) is 7.05 Å². The van der Waals surface area contributed by atoms with E-state index >= 15 is 0 Å². The number of nitrogens with one attached hydrogen (secondary N) is 1. The zero-order chi connectivity index (χ0) is 19.6. The van der Waals surface area contributed by atoms with E-state index in [1.807, 2.05) is 32.3 Å². The Bertz CT molecular complexity index is 1000. The van der Waals surface area contributed by atoms with Crippen molar-refractivity contribution in [2.75, 3.05) is 18.5 Å². The summed E-state index contributed by atoms with van der Waals surface area (Å²) in [6, 6.07) is 3.67. The van der Waals surface area contributed by atoms with Gasteiger partial charge in [0.1, 0.15) is 11.3 Å². The number of benzene rings is 1. The zero-order valence-electron chi connectivity index (χ0n) is 15.7. The van der Waals surface area contributed by atoms with Crippen molar-refractivity contribution in [2.45, 2.75) is 20.8 Å². The van der Waals surface area contributed by atoms with Crippen LogP contribution in [0.5, 0.6) is 0 Å². The fourth-order valence-electron chi connectivity index (χ4n) is 2.85. The van der Waals surface area contributed by atoms with E-state index in [9.17, 15) is 9.59 Å². The monoisotopic (exact) mass is 371 g/mol. The van der Waals surface area contributed by atoms with Gasteiger partial charge >= 0.3 is 12.1 Å². The normalized spacial score (nSPS) is 10.8. The fraction of sp³-hybridized carbons (Fsp3) is 0.316. The third-order valence-corrected chi connectivity index (χ3v) is 4.01. The number of amides is 1. The molecule has 0 aliphatic heterocycles. The average molecular weight is 371 g/mol. The molecule has 8 heteroatoms. The molecule has 2 aromatic heterocycles. The molecule has 1 N–H and O–H groups in total. The summed E-state index contributed by atoms with van der Waals surface area (Å²) in [6.45, 7) is 5.73. The number of carbonyl (C=O) groups excluding carboxylic acids is 2. The predicted octanol–water partition coefficient (Wildman–Crippen LogP) is 3.89. The van der Waals surface area contributed by atoms with E-state index < -0.39 is 12.1 Å². The molecule has 1 amide bonds. The van der Waals surface area contributed by atoms with Crippen molar-refractivity contribution >= 4 is 28.7 Å². The van der Waals surface area contributed by atoms with Crippen molar-refractivity contribution in [3.63, 3.8) is 0 Å². The standard InChI is InChI=1S/C19H21N3O5/c1-5-25-18(23)17-16(21-19(24)26-6-2)14-8-13(11(3)7-15(14)27-17)12-9-20-22(4)10-12/h7-10H,5-6H2,1-4H3,(H,21,24). The first-order valence-electron chi connectivity index (χ1n) is 8.61. The molecule has 0 fully saturated rings. The van der Waals surface area contributed by atoms with Crippen molar-refractivity contribution in [1.82, 2.24) is 9.78 Å². The molecular formula is C19H21N3O5. The van der Waals surface area contributed by atoms with Crippen LogP contribution in [0.25, 0.3) is 22.1 Å². The number of anilines is 1. The van der Waals surface area contributed by atoms with Gasteiger partial charge in [-0.2, -0.15) is 5.10 Å². The van der Waals surface area contributed by atoms with Crippen LogP contribution in [0, 0.1) is 6.92 Å². The van der Waals surface area contributed by atoms with E-state index in [0.717, 1.165) is 16.7 Å². The number of rotatable bonds is 5. The number of hydrogen-bond donors (Lipinski definition) is 1. The van der Waals surface area contributed by atoms with Gasteiger partial charge in [-0.05, 0) is 44.0 Å². The molecule has 8 nitrogen and oxygen atoms in total. The Labute approximate surface area is 156 Å². The molecule has 0 saturated carbocycles. The van der Waals surface area contributed by atoms with Crippen LogP contribution in [0.4, 0.5) is 10.5 Å². The van der Waals surface area contributed by atoms with Crippen LogP contribution in [0.2, 0.25) is 0 Å². The molecule has 3 rings (SSSR count). The van der Waals surface area contributed by atoms with E-state index in [2.05, 4.69) is 10.4 Å². The van der Waals surface area contributed by atoms with Gasteiger partial charge in [-0.25, -0.2) is 9.59 Å². The van der Waals surface area contributed by atoms with Gasteiger partial charge in [0.25, 0.3) is 0 Å². The molecule has 0 bridgehead atoms. The highest BCUT2D eigenvalue weighted by atomic mass is 16.6. The van der Waals surface area contributed by atoms with Gasteiger partial charge < -0.3 is 13.9 Å². The Hall–Kier alpha value is -3.29. The molecule has 0 aliphatic carbocycles. The molecule has 3 aromatic rings. The summed E-state index contributed by atoms with van der Waals surface area (Å²) < 4.78 is 17.4. The summed E-state index contributed by atoms with van der Waals surface area (Å²) in [4.78, 5) is 24.3. The van der Waals surface area contributed by atoms with Crippen LogP contribution in [0.3, 0.4) is 0 Å². The van der Waals surface area contributed by atoms with Gasteiger partial charge in [-0.1, -0.05) is 0 Å². The number of aromatic nitrogens is 2. The quantitative estimate of drug-likeness (QED) is 0.684. The number of hydrogen-bond acceptors (Lipinski definition) is 6. The van der Waals surface area contributed by atoms with E-state index in [4.69, 9.17) is 13.9 Å².